The van der Waals surface area contributed by atoms with Crippen molar-refractivity contribution in [2.45, 2.75) is 50.7 Å². The van der Waals surface area contributed by atoms with Gasteiger partial charge in [0.15, 0.2) is 0 Å². The second kappa shape index (κ2) is 8.64. The summed E-state index contributed by atoms with van der Waals surface area (Å²) < 4.78 is 5.25. The third-order valence-corrected chi connectivity index (χ3v) is 7.88. The van der Waals surface area contributed by atoms with Gasteiger partial charge < -0.3 is 15.6 Å². The van der Waals surface area contributed by atoms with Gasteiger partial charge in [0.2, 0.25) is 5.91 Å². The fourth-order valence-corrected chi connectivity index (χ4v) is 5.32. The Morgan fingerprint density at radius 3 is 2.55 bits per heavy atom. The van der Waals surface area contributed by atoms with Crippen LogP contribution in [0, 0.1) is 11.8 Å². The van der Waals surface area contributed by atoms with E-state index < -0.39 is 6.23 Å². The number of aliphatic hydroxyl groups excluding tert-OH is 1. The monoisotopic (exact) mass is 422 g/mol. The first-order valence-electron chi connectivity index (χ1n) is 11.3. The van der Waals surface area contributed by atoms with E-state index in [0.29, 0.717) is 23.3 Å². The number of likely N-dealkylation sites (tertiary alicyclic amines) is 1. The first-order chi connectivity index (χ1) is 14.8. The first kappa shape index (κ1) is 21.8. The lowest BCUT2D eigenvalue weighted by atomic mass is 9.66. The van der Waals surface area contributed by atoms with Crippen molar-refractivity contribution in [3.63, 3.8) is 0 Å². The van der Waals surface area contributed by atoms with E-state index in [0.717, 1.165) is 43.7 Å². The average Bonchev–Trinajstić information content (AvgIpc) is 2.75. The first-order valence-corrected chi connectivity index (χ1v) is 11.3. The Balaban J connectivity index is 1.36. The van der Waals surface area contributed by atoms with Gasteiger partial charge in [-0.3, -0.25) is 9.69 Å². The molecule has 31 heavy (non-hydrogen) atoms. The zero-order valence-corrected chi connectivity index (χ0v) is 18.8. The molecule has 1 amide bonds. The number of amides is 1. The molecule has 1 saturated carbocycles. The van der Waals surface area contributed by atoms with Crippen LogP contribution in [0.15, 0.2) is 48.5 Å². The van der Waals surface area contributed by atoms with Crippen LogP contribution in [0.3, 0.4) is 0 Å². The highest BCUT2D eigenvalue weighted by molar-refractivity contribution is 5.92. The zero-order chi connectivity index (χ0) is 22.2. The molecule has 0 radical (unpaired) electrons. The molecule has 5 heteroatoms. The van der Waals surface area contributed by atoms with Crippen LogP contribution >= 0.6 is 0 Å². The van der Waals surface area contributed by atoms with Gasteiger partial charge in [-0.1, -0.05) is 38.1 Å². The summed E-state index contributed by atoms with van der Waals surface area (Å²) >= 11 is 0. The van der Waals surface area contributed by atoms with E-state index in [4.69, 9.17) is 10.5 Å². The molecule has 1 heterocycles. The second-order valence-electron chi connectivity index (χ2n) is 9.62. The third kappa shape index (κ3) is 4.21. The maximum absolute atomic E-state index is 11.6. The molecule has 2 aromatic carbocycles. The normalized spacial score (nSPS) is 29.7. The molecule has 3 N–H and O–H groups in total. The van der Waals surface area contributed by atoms with Crippen molar-refractivity contribution in [3.05, 3.63) is 65.2 Å². The topological polar surface area (TPSA) is 75.8 Å². The third-order valence-electron chi connectivity index (χ3n) is 7.88. The smallest absolute Gasteiger partial charge is 0.248 e. The lowest BCUT2D eigenvalue weighted by molar-refractivity contribution is -0.0945. The van der Waals surface area contributed by atoms with Crippen LogP contribution in [0.4, 0.5) is 0 Å². The van der Waals surface area contributed by atoms with Gasteiger partial charge in [-0.25, -0.2) is 0 Å². The van der Waals surface area contributed by atoms with Gasteiger partial charge >= 0.3 is 0 Å². The zero-order valence-electron chi connectivity index (χ0n) is 18.8. The van der Waals surface area contributed by atoms with Crippen LogP contribution in [0.2, 0.25) is 0 Å². The number of piperidine rings is 1. The van der Waals surface area contributed by atoms with Crippen LogP contribution in [-0.4, -0.2) is 42.3 Å². The SMILES string of the molecule is COc1ccc(C2CC(C(O)N3CCC(C)(c4cccc(C(N)=O)c4)C(C)C3)C2)cc1. The minimum Gasteiger partial charge on any atom is -0.497 e. The molecule has 1 saturated heterocycles. The molecule has 166 valence electrons. The van der Waals surface area contributed by atoms with Crippen LogP contribution in [0.25, 0.3) is 0 Å². The van der Waals surface area contributed by atoms with Crippen LogP contribution in [-0.2, 0) is 5.41 Å². The molecule has 1 aliphatic carbocycles. The van der Waals surface area contributed by atoms with E-state index in [1.807, 2.05) is 24.3 Å². The predicted molar refractivity (Wildman–Crippen MR) is 122 cm³/mol. The number of aliphatic hydroxyl groups is 1. The molecule has 3 unspecified atom stereocenters. The van der Waals surface area contributed by atoms with Crippen molar-refractivity contribution in [2.24, 2.45) is 17.6 Å². The molecule has 5 nitrogen and oxygen atoms in total. The summed E-state index contributed by atoms with van der Waals surface area (Å²) in [6.07, 6.45) is 2.60. The number of ether oxygens (including phenoxy) is 1. The standard InChI is InChI=1S/C26H34N2O3/c1-17-16-28(12-11-26(17,2)22-6-4-5-19(15-22)24(27)29)25(30)21-13-20(14-21)18-7-9-23(31-3)10-8-18/h4-10,15,17,20-21,25,30H,11-14,16H2,1-3H3,(H2,27,29). The van der Waals surface area contributed by atoms with Crippen molar-refractivity contribution < 1.29 is 14.6 Å². The van der Waals surface area contributed by atoms with E-state index in [9.17, 15) is 9.90 Å². The summed E-state index contributed by atoms with van der Waals surface area (Å²) in [7, 11) is 1.68. The Hall–Kier alpha value is -2.37. The molecule has 4 rings (SSSR count). The molecule has 2 aliphatic rings. The largest absolute Gasteiger partial charge is 0.497 e. The van der Waals surface area contributed by atoms with Crippen molar-refractivity contribution in [2.75, 3.05) is 20.2 Å². The number of rotatable bonds is 6. The number of carbonyl (C=O) groups excluding carboxylic acids is 1. The van der Waals surface area contributed by atoms with Crippen LogP contribution in [0.5, 0.6) is 5.75 Å². The number of nitrogens with two attached hydrogens (primary N) is 1. The molecule has 2 fully saturated rings. The van der Waals surface area contributed by atoms with Crippen molar-refractivity contribution in [1.29, 1.82) is 0 Å². The van der Waals surface area contributed by atoms with Crippen molar-refractivity contribution in [1.82, 2.24) is 4.90 Å². The Kier molecular flexibility index (Phi) is 6.09. The van der Waals surface area contributed by atoms with E-state index in [1.165, 1.54) is 5.56 Å². The molecule has 0 aromatic heterocycles. The van der Waals surface area contributed by atoms with E-state index in [2.05, 4.69) is 36.9 Å². The van der Waals surface area contributed by atoms with Gasteiger partial charge in [0.05, 0.1) is 7.11 Å². The molecule has 1 aliphatic heterocycles. The number of nitrogens with zero attached hydrogens (tertiary/aromatic N) is 1. The second-order valence-corrected chi connectivity index (χ2v) is 9.62. The minimum atomic E-state index is -0.390. The van der Waals surface area contributed by atoms with Crippen molar-refractivity contribution >= 4 is 5.91 Å². The summed E-state index contributed by atoms with van der Waals surface area (Å²) in [4.78, 5) is 13.9. The highest BCUT2D eigenvalue weighted by Crippen LogP contribution is 2.46. The number of methoxy groups -OCH3 is 1. The van der Waals surface area contributed by atoms with E-state index in [-0.39, 0.29) is 11.3 Å². The Morgan fingerprint density at radius 1 is 1.23 bits per heavy atom. The fourth-order valence-electron chi connectivity index (χ4n) is 5.32. The summed E-state index contributed by atoms with van der Waals surface area (Å²) in [5, 5.41) is 11.1. The van der Waals surface area contributed by atoms with Crippen LogP contribution in [0.1, 0.15) is 60.5 Å². The maximum Gasteiger partial charge on any atom is 0.248 e. The molecule has 2 aromatic rings. The quantitative estimate of drug-likeness (QED) is 0.740. The Morgan fingerprint density at radius 2 is 1.94 bits per heavy atom. The van der Waals surface area contributed by atoms with Crippen LogP contribution < -0.4 is 10.5 Å². The predicted octanol–water partition coefficient (Wildman–Crippen LogP) is 3.91. The van der Waals surface area contributed by atoms with Gasteiger partial charge in [0.25, 0.3) is 0 Å². The number of benzene rings is 2. The van der Waals surface area contributed by atoms with Gasteiger partial charge in [0.1, 0.15) is 12.0 Å². The molecule has 0 spiro atoms. The summed E-state index contributed by atoms with van der Waals surface area (Å²) in [6, 6.07) is 16.0. The molecule has 0 bridgehead atoms. The lowest BCUT2D eigenvalue weighted by Gasteiger charge is -2.50. The number of carbonyl (C=O) groups is 1. The molecule has 3 atom stereocenters. The van der Waals surface area contributed by atoms with E-state index >= 15 is 0 Å². The Bertz CT molecular complexity index is 923. The minimum absolute atomic E-state index is 0.0348. The summed E-state index contributed by atoms with van der Waals surface area (Å²) in [6.45, 7) is 6.22. The summed E-state index contributed by atoms with van der Waals surface area (Å²) in [5.74, 6) is 1.70. The van der Waals surface area contributed by atoms with Gasteiger partial charge in [0, 0.05) is 18.7 Å². The van der Waals surface area contributed by atoms with Gasteiger partial charge in [-0.2, -0.15) is 0 Å². The fraction of sp³-hybridized carbons (Fsp3) is 0.500. The van der Waals surface area contributed by atoms with Gasteiger partial charge in [-0.15, -0.1) is 0 Å². The molecular formula is C26H34N2O3. The number of hydrogen-bond donors (Lipinski definition) is 2. The summed E-state index contributed by atoms with van der Waals surface area (Å²) in [5.41, 5.74) is 8.51. The molecular weight excluding hydrogens is 388 g/mol. The highest BCUT2D eigenvalue weighted by atomic mass is 16.5. The Labute approximate surface area is 185 Å². The highest BCUT2D eigenvalue weighted by Gasteiger charge is 2.43. The van der Waals surface area contributed by atoms with E-state index in [1.54, 1.807) is 13.2 Å². The van der Waals surface area contributed by atoms with Crippen molar-refractivity contribution in [3.8, 4) is 5.75 Å². The number of hydrogen-bond acceptors (Lipinski definition) is 4. The van der Waals surface area contributed by atoms with Gasteiger partial charge in [-0.05, 0) is 77.8 Å². The number of primary amides is 1. The lowest BCUT2D eigenvalue weighted by Crippen LogP contribution is -2.54. The maximum atomic E-state index is 11.6. The average molecular weight is 423 g/mol.